The molecular weight excluding hydrogens is 186 g/mol. The highest BCUT2D eigenvalue weighted by molar-refractivity contribution is 8.00. The number of nitrogens with two attached hydrogens (primary N) is 1. The molecule has 0 atom stereocenters. The van der Waals surface area contributed by atoms with E-state index in [1.807, 2.05) is 11.8 Å². The molecule has 0 unspecified atom stereocenters. The normalized spacial score (nSPS) is 24.6. The summed E-state index contributed by atoms with van der Waals surface area (Å²) in [7, 11) is 0. The molecule has 1 aliphatic heterocycles. The van der Waals surface area contributed by atoms with Crippen LogP contribution < -0.4 is 5.73 Å². The second-order valence-corrected chi connectivity index (χ2v) is 5.71. The highest BCUT2D eigenvalue weighted by Crippen LogP contribution is 2.29. The minimum atomic E-state index is 0.286. The molecule has 5 heteroatoms. The minimum absolute atomic E-state index is 0.286. The topological polar surface area (TPSA) is 61.8 Å². The van der Waals surface area contributed by atoms with Crippen molar-refractivity contribution in [3.05, 3.63) is 0 Å². The molecule has 4 nitrogen and oxygen atoms in total. The summed E-state index contributed by atoms with van der Waals surface area (Å²) in [5.41, 5.74) is 5.44. The van der Waals surface area contributed by atoms with Crippen LogP contribution in [0, 0.1) is 0 Å². The molecule has 0 aromatic rings. The summed E-state index contributed by atoms with van der Waals surface area (Å²) >= 11 is 1.97. The number of thioether (sulfide) groups is 1. The van der Waals surface area contributed by atoms with Crippen molar-refractivity contribution in [3.8, 4) is 0 Å². The molecule has 0 aromatic heterocycles. The molecule has 1 fully saturated rings. The Hall–Kier alpha value is -0.420. The van der Waals surface area contributed by atoms with Crippen molar-refractivity contribution in [3.63, 3.8) is 0 Å². The molecule has 1 rings (SSSR count). The number of oxime groups is 1. The van der Waals surface area contributed by atoms with Gasteiger partial charge in [-0.25, -0.2) is 0 Å². The average molecular weight is 203 g/mol. The standard InChI is InChI=1S/C8H17N3OS/c1-8(2)6-11(3-4-13-8)5-7(9)10-12/h12H,3-6H2,1-2H3,(H2,9,10). The van der Waals surface area contributed by atoms with E-state index in [1.165, 1.54) is 0 Å². The number of hydrogen-bond acceptors (Lipinski definition) is 4. The molecule has 0 aliphatic carbocycles. The number of nitrogens with zero attached hydrogens (tertiary/aromatic N) is 2. The van der Waals surface area contributed by atoms with Gasteiger partial charge in [0.15, 0.2) is 5.84 Å². The van der Waals surface area contributed by atoms with E-state index in [0.29, 0.717) is 12.4 Å². The summed E-state index contributed by atoms with van der Waals surface area (Å²) in [6.45, 7) is 7.02. The van der Waals surface area contributed by atoms with Gasteiger partial charge in [0.2, 0.25) is 0 Å². The van der Waals surface area contributed by atoms with Crippen LogP contribution >= 0.6 is 11.8 Å². The Morgan fingerprint density at radius 2 is 2.38 bits per heavy atom. The minimum Gasteiger partial charge on any atom is -0.409 e. The Labute approximate surface area is 83.2 Å². The maximum Gasteiger partial charge on any atom is 0.153 e. The maximum absolute atomic E-state index is 8.43. The number of rotatable bonds is 2. The quantitative estimate of drug-likeness (QED) is 0.298. The van der Waals surface area contributed by atoms with Gasteiger partial charge in [0, 0.05) is 23.6 Å². The van der Waals surface area contributed by atoms with Crippen molar-refractivity contribution in [2.45, 2.75) is 18.6 Å². The van der Waals surface area contributed by atoms with E-state index < -0.39 is 0 Å². The summed E-state index contributed by atoms with van der Waals surface area (Å²) < 4.78 is 0.286. The zero-order valence-electron chi connectivity index (χ0n) is 8.16. The van der Waals surface area contributed by atoms with Crippen molar-refractivity contribution < 1.29 is 5.21 Å². The zero-order chi connectivity index (χ0) is 9.90. The maximum atomic E-state index is 8.43. The first-order valence-corrected chi connectivity index (χ1v) is 5.35. The molecule has 0 spiro atoms. The van der Waals surface area contributed by atoms with Crippen molar-refractivity contribution in [1.82, 2.24) is 4.90 Å². The Morgan fingerprint density at radius 3 is 2.92 bits per heavy atom. The monoisotopic (exact) mass is 203 g/mol. The molecule has 1 saturated heterocycles. The zero-order valence-corrected chi connectivity index (χ0v) is 8.97. The molecule has 0 bridgehead atoms. The van der Waals surface area contributed by atoms with Crippen LogP contribution in [0.3, 0.4) is 0 Å². The highest BCUT2D eigenvalue weighted by Gasteiger charge is 2.27. The van der Waals surface area contributed by atoms with Crippen molar-refractivity contribution in [2.75, 3.05) is 25.4 Å². The summed E-state index contributed by atoms with van der Waals surface area (Å²) in [6, 6.07) is 0. The Bertz CT molecular complexity index is 206. The Morgan fingerprint density at radius 1 is 1.69 bits per heavy atom. The summed E-state index contributed by atoms with van der Waals surface area (Å²) in [6.07, 6.45) is 0. The van der Waals surface area contributed by atoms with Crippen LogP contribution in [-0.2, 0) is 0 Å². The molecule has 0 saturated carbocycles. The molecule has 1 heterocycles. The van der Waals surface area contributed by atoms with E-state index in [0.717, 1.165) is 18.8 Å². The molecular formula is C8H17N3OS. The lowest BCUT2D eigenvalue weighted by Crippen LogP contribution is -2.46. The summed E-state index contributed by atoms with van der Waals surface area (Å²) in [4.78, 5) is 2.21. The van der Waals surface area contributed by atoms with Gasteiger partial charge in [-0.1, -0.05) is 5.16 Å². The summed E-state index contributed by atoms with van der Waals surface area (Å²) in [5, 5.41) is 11.4. The van der Waals surface area contributed by atoms with E-state index in [1.54, 1.807) is 0 Å². The molecule has 0 radical (unpaired) electrons. The third-order valence-corrected chi connectivity index (χ3v) is 3.32. The average Bonchev–Trinajstić information content (AvgIpc) is 2.02. The highest BCUT2D eigenvalue weighted by atomic mass is 32.2. The number of amidine groups is 1. The predicted molar refractivity (Wildman–Crippen MR) is 56.4 cm³/mol. The van der Waals surface area contributed by atoms with Crippen LogP contribution in [0.5, 0.6) is 0 Å². The van der Waals surface area contributed by atoms with Gasteiger partial charge in [-0.3, -0.25) is 4.90 Å². The molecule has 76 valence electrons. The SMILES string of the molecule is CC1(C)CN(CC(N)=NO)CCS1. The lowest BCUT2D eigenvalue weighted by atomic mass is 10.2. The van der Waals surface area contributed by atoms with Crippen molar-refractivity contribution in [2.24, 2.45) is 10.9 Å². The Kier molecular flexibility index (Phi) is 3.44. The van der Waals surface area contributed by atoms with E-state index in [2.05, 4.69) is 23.9 Å². The van der Waals surface area contributed by atoms with Gasteiger partial charge in [0.05, 0.1) is 6.54 Å². The first-order valence-electron chi connectivity index (χ1n) is 4.36. The van der Waals surface area contributed by atoms with E-state index in [9.17, 15) is 0 Å². The van der Waals surface area contributed by atoms with Gasteiger partial charge in [0.25, 0.3) is 0 Å². The van der Waals surface area contributed by atoms with Crippen LogP contribution in [0.15, 0.2) is 5.16 Å². The van der Waals surface area contributed by atoms with Gasteiger partial charge in [-0.15, -0.1) is 0 Å². The van der Waals surface area contributed by atoms with Crippen LogP contribution in [0.4, 0.5) is 0 Å². The van der Waals surface area contributed by atoms with E-state index in [4.69, 9.17) is 10.9 Å². The fourth-order valence-electron chi connectivity index (χ4n) is 1.51. The van der Waals surface area contributed by atoms with Crippen LogP contribution in [0.25, 0.3) is 0 Å². The van der Waals surface area contributed by atoms with Crippen molar-refractivity contribution in [1.29, 1.82) is 0 Å². The molecule has 13 heavy (non-hydrogen) atoms. The van der Waals surface area contributed by atoms with Crippen LogP contribution in [0.2, 0.25) is 0 Å². The van der Waals surface area contributed by atoms with Crippen molar-refractivity contribution >= 4 is 17.6 Å². The fourth-order valence-corrected chi connectivity index (χ4v) is 2.69. The Balaban J connectivity index is 2.43. The lowest BCUT2D eigenvalue weighted by molar-refractivity contribution is 0.281. The molecule has 3 N–H and O–H groups in total. The molecule has 0 amide bonds. The van der Waals surface area contributed by atoms with Gasteiger partial charge in [0.1, 0.15) is 0 Å². The second-order valence-electron chi connectivity index (χ2n) is 3.91. The van der Waals surface area contributed by atoms with E-state index in [-0.39, 0.29) is 4.75 Å². The molecule has 1 aliphatic rings. The number of hydrogen-bond donors (Lipinski definition) is 2. The van der Waals surface area contributed by atoms with Crippen LogP contribution in [0.1, 0.15) is 13.8 Å². The molecule has 0 aromatic carbocycles. The van der Waals surface area contributed by atoms with E-state index >= 15 is 0 Å². The predicted octanol–water partition coefficient (Wildman–Crippen LogP) is 0.560. The van der Waals surface area contributed by atoms with Gasteiger partial charge >= 0.3 is 0 Å². The third kappa shape index (κ3) is 3.44. The van der Waals surface area contributed by atoms with Gasteiger partial charge < -0.3 is 10.9 Å². The van der Waals surface area contributed by atoms with Gasteiger partial charge in [-0.2, -0.15) is 11.8 Å². The van der Waals surface area contributed by atoms with Gasteiger partial charge in [-0.05, 0) is 13.8 Å². The fraction of sp³-hybridized carbons (Fsp3) is 0.875. The first kappa shape index (κ1) is 10.7. The van der Waals surface area contributed by atoms with Crippen LogP contribution in [-0.4, -0.2) is 46.1 Å². The first-order chi connectivity index (χ1) is 6.03. The lowest BCUT2D eigenvalue weighted by Gasteiger charge is -2.37. The largest absolute Gasteiger partial charge is 0.409 e. The summed E-state index contributed by atoms with van der Waals surface area (Å²) in [5.74, 6) is 1.41. The smallest absolute Gasteiger partial charge is 0.153 e. The second kappa shape index (κ2) is 4.19. The third-order valence-electron chi connectivity index (χ3n) is 2.02.